The molecular weight excluding hydrogens is 224 g/mol. The number of hydrogen-bond acceptors (Lipinski definition) is 3. The van der Waals surface area contributed by atoms with Crippen molar-refractivity contribution < 1.29 is 0 Å². The highest BCUT2D eigenvalue weighted by Gasteiger charge is 2.01. The van der Waals surface area contributed by atoms with Crippen LogP contribution < -0.4 is 4.90 Å². The van der Waals surface area contributed by atoms with Gasteiger partial charge >= 0.3 is 0 Å². The maximum Gasteiger partial charge on any atom is 0.0992 e. The highest BCUT2D eigenvalue weighted by molar-refractivity contribution is 5.50. The van der Waals surface area contributed by atoms with Gasteiger partial charge in [-0.2, -0.15) is 5.26 Å². The molecule has 0 atom stereocenters. The van der Waals surface area contributed by atoms with Crippen molar-refractivity contribution in [1.29, 1.82) is 5.26 Å². The van der Waals surface area contributed by atoms with Crippen molar-refractivity contribution in [2.45, 2.75) is 13.0 Å². The second-order valence-electron chi connectivity index (χ2n) is 4.24. The van der Waals surface area contributed by atoms with Crippen molar-refractivity contribution in [3.8, 4) is 6.07 Å². The lowest BCUT2D eigenvalue weighted by atomic mass is 10.2. The van der Waals surface area contributed by atoms with Crippen molar-refractivity contribution in [1.82, 2.24) is 9.55 Å². The van der Waals surface area contributed by atoms with Gasteiger partial charge in [-0.25, -0.2) is 4.98 Å². The zero-order chi connectivity index (χ0) is 12.8. The largest absolute Gasteiger partial charge is 0.374 e. The minimum atomic E-state index is 0.703. The van der Waals surface area contributed by atoms with Crippen molar-refractivity contribution >= 4 is 5.69 Å². The molecule has 0 aliphatic heterocycles. The molecule has 0 bridgehead atoms. The first-order valence-electron chi connectivity index (χ1n) is 5.96. The van der Waals surface area contributed by atoms with E-state index in [9.17, 15) is 0 Å². The number of imidazole rings is 1. The van der Waals surface area contributed by atoms with Gasteiger partial charge in [0, 0.05) is 38.2 Å². The molecule has 0 saturated carbocycles. The Morgan fingerprint density at radius 3 is 3.06 bits per heavy atom. The van der Waals surface area contributed by atoms with E-state index >= 15 is 0 Å². The summed E-state index contributed by atoms with van der Waals surface area (Å²) in [6, 6.07) is 9.84. The molecule has 0 N–H and O–H groups in total. The van der Waals surface area contributed by atoms with Crippen LogP contribution in [0.1, 0.15) is 12.0 Å². The molecule has 0 unspecified atom stereocenters. The fourth-order valence-electron chi connectivity index (χ4n) is 1.85. The van der Waals surface area contributed by atoms with Crippen molar-refractivity contribution in [3.63, 3.8) is 0 Å². The summed E-state index contributed by atoms with van der Waals surface area (Å²) in [7, 11) is 2.05. The Kier molecular flexibility index (Phi) is 3.98. The molecule has 18 heavy (non-hydrogen) atoms. The third-order valence-corrected chi connectivity index (χ3v) is 2.89. The number of hydrogen-bond donors (Lipinski definition) is 0. The third-order valence-electron chi connectivity index (χ3n) is 2.89. The van der Waals surface area contributed by atoms with Crippen LogP contribution in [0.5, 0.6) is 0 Å². The molecule has 4 nitrogen and oxygen atoms in total. The van der Waals surface area contributed by atoms with Gasteiger partial charge in [-0.1, -0.05) is 6.07 Å². The molecule has 0 saturated heterocycles. The van der Waals surface area contributed by atoms with E-state index in [0.29, 0.717) is 5.56 Å². The van der Waals surface area contributed by atoms with Crippen LogP contribution in [0.3, 0.4) is 0 Å². The number of anilines is 1. The lowest BCUT2D eigenvalue weighted by Crippen LogP contribution is -2.19. The van der Waals surface area contributed by atoms with Crippen LogP contribution in [0.4, 0.5) is 5.69 Å². The number of benzene rings is 1. The van der Waals surface area contributed by atoms with E-state index in [4.69, 9.17) is 5.26 Å². The fraction of sp³-hybridized carbons (Fsp3) is 0.286. The molecule has 2 aromatic rings. The Morgan fingerprint density at radius 1 is 1.44 bits per heavy atom. The van der Waals surface area contributed by atoms with E-state index in [-0.39, 0.29) is 0 Å². The summed E-state index contributed by atoms with van der Waals surface area (Å²) in [4.78, 5) is 6.18. The molecule has 2 rings (SSSR count). The van der Waals surface area contributed by atoms with Crippen molar-refractivity contribution in [2.75, 3.05) is 18.5 Å². The molecule has 1 aromatic carbocycles. The van der Waals surface area contributed by atoms with Gasteiger partial charge in [-0.15, -0.1) is 0 Å². The summed E-state index contributed by atoms with van der Waals surface area (Å²) in [5.74, 6) is 0. The molecule has 0 aliphatic carbocycles. The predicted molar refractivity (Wildman–Crippen MR) is 71.3 cm³/mol. The number of rotatable bonds is 5. The molecule has 0 aliphatic rings. The highest BCUT2D eigenvalue weighted by atomic mass is 15.1. The van der Waals surface area contributed by atoms with Crippen molar-refractivity contribution in [2.24, 2.45) is 0 Å². The molecule has 0 amide bonds. The monoisotopic (exact) mass is 240 g/mol. The zero-order valence-corrected chi connectivity index (χ0v) is 10.5. The smallest absolute Gasteiger partial charge is 0.0992 e. The van der Waals surface area contributed by atoms with Crippen LogP contribution in [0, 0.1) is 11.3 Å². The van der Waals surface area contributed by atoms with Crippen LogP contribution in [0.15, 0.2) is 43.0 Å². The van der Waals surface area contributed by atoms with Gasteiger partial charge < -0.3 is 9.47 Å². The molecule has 0 spiro atoms. The van der Waals surface area contributed by atoms with Gasteiger partial charge in [-0.05, 0) is 24.6 Å². The minimum absolute atomic E-state index is 0.703. The molecular formula is C14H16N4. The van der Waals surface area contributed by atoms with E-state index in [0.717, 1.165) is 25.2 Å². The highest BCUT2D eigenvalue weighted by Crippen LogP contribution is 2.14. The molecule has 4 heteroatoms. The second kappa shape index (κ2) is 5.87. The summed E-state index contributed by atoms with van der Waals surface area (Å²) in [5.41, 5.74) is 1.79. The summed E-state index contributed by atoms with van der Waals surface area (Å²) >= 11 is 0. The summed E-state index contributed by atoms with van der Waals surface area (Å²) in [6.07, 6.45) is 6.64. The quantitative estimate of drug-likeness (QED) is 0.805. The molecule has 1 aromatic heterocycles. The van der Waals surface area contributed by atoms with Gasteiger partial charge in [0.1, 0.15) is 0 Å². The maximum absolute atomic E-state index is 8.87. The number of aryl methyl sites for hydroxylation is 1. The van der Waals surface area contributed by atoms with E-state index in [1.165, 1.54) is 0 Å². The van der Waals surface area contributed by atoms with Crippen molar-refractivity contribution in [3.05, 3.63) is 48.5 Å². The average molecular weight is 240 g/mol. The molecule has 1 heterocycles. The SMILES string of the molecule is CN(CCCn1ccnc1)c1cccc(C#N)c1. The minimum Gasteiger partial charge on any atom is -0.374 e. The summed E-state index contributed by atoms with van der Waals surface area (Å²) in [6.45, 7) is 1.91. The lowest BCUT2D eigenvalue weighted by molar-refractivity contribution is 0.637. The first-order valence-corrected chi connectivity index (χ1v) is 5.96. The van der Waals surface area contributed by atoms with Crippen LogP contribution in [0.25, 0.3) is 0 Å². The van der Waals surface area contributed by atoms with E-state index in [1.807, 2.05) is 43.8 Å². The lowest BCUT2D eigenvalue weighted by Gasteiger charge is -2.19. The standard InChI is InChI=1S/C14H16N4/c1-17(7-3-8-18-9-6-16-12-18)14-5-2-4-13(10-14)11-15/h2,4-6,9-10,12H,3,7-8H2,1H3. The first-order chi connectivity index (χ1) is 8.79. The Labute approximate surface area is 107 Å². The molecule has 92 valence electrons. The van der Waals surface area contributed by atoms with Crippen LogP contribution in [-0.4, -0.2) is 23.1 Å². The Morgan fingerprint density at radius 2 is 2.33 bits per heavy atom. The topological polar surface area (TPSA) is 44.9 Å². The van der Waals surface area contributed by atoms with Gasteiger partial charge in [0.25, 0.3) is 0 Å². The zero-order valence-electron chi connectivity index (χ0n) is 10.5. The van der Waals surface area contributed by atoms with Crippen LogP contribution in [0.2, 0.25) is 0 Å². The Hall–Kier alpha value is -2.28. The number of aromatic nitrogens is 2. The van der Waals surface area contributed by atoms with E-state index in [1.54, 1.807) is 6.20 Å². The van der Waals surface area contributed by atoms with Gasteiger partial charge in [0.05, 0.1) is 18.0 Å². The normalized spacial score (nSPS) is 10.0. The first kappa shape index (κ1) is 12.2. The maximum atomic E-state index is 8.87. The summed E-state index contributed by atoms with van der Waals surface area (Å²) < 4.78 is 2.07. The third kappa shape index (κ3) is 3.11. The Bertz CT molecular complexity index is 525. The second-order valence-corrected chi connectivity index (χ2v) is 4.24. The van der Waals surface area contributed by atoms with Gasteiger partial charge in [-0.3, -0.25) is 0 Å². The van der Waals surface area contributed by atoms with Gasteiger partial charge in [0.2, 0.25) is 0 Å². The fourth-order valence-corrected chi connectivity index (χ4v) is 1.85. The van der Waals surface area contributed by atoms with E-state index < -0.39 is 0 Å². The molecule has 0 radical (unpaired) electrons. The van der Waals surface area contributed by atoms with E-state index in [2.05, 4.69) is 20.5 Å². The van der Waals surface area contributed by atoms with Crippen LogP contribution in [-0.2, 0) is 6.54 Å². The summed E-state index contributed by atoms with van der Waals surface area (Å²) in [5, 5.41) is 8.87. The number of nitriles is 1. The van der Waals surface area contributed by atoms with Gasteiger partial charge in [0.15, 0.2) is 0 Å². The Balaban J connectivity index is 1.87. The predicted octanol–water partition coefficient (Wildman–Crippen LogP) is 2.28. The number of nitrogens with zero attached hydrogens (tertiary/aromatic N) is 4. The average Bonchev–Trinajstić information content (AvgIpc) is 2.92. The van der Waals surface area contributed by atoms with Crippen LogP contribution >= 0.6 is 0 Å². The molecule has 0 fully saturated rings.